The summed E-state index contributed by atoms with van der Waals surface area (Å²) in [5.74, 6) is 0.740. The van der Waals surface area contributed by atoms with Crippen LogP contribution in [0.4, 0.5) is 0 Å². The van der Waals surface area contributed by atoms with Gasteiger partial charge < -0.3 is 5.11 Å². The Balaban J connectivity index is 1.95. The Morgan fingerprint density at radius 3 is 2.81 bits per heavy atom. The van der Waals surface area contributed by atoms with Crippen LogP contribution in [0.1, 0.15) is 40.8 Å². The topological polar surface area (TPSA) is 55.1 Å². The van der Waals surface area contributed by atoms with Gasteiger partial charge in [0.15, 0.2) is 5.16 Å². The van der Waals surface area contributed by atoms with Crippen molar-refractivity contribution >= 4 is 33.3 Å². The summed E-state index contributed by atoms with van der Waals surface area (Å²) >= 11 is 3.24. The number of thioether (sulfide) groups is 1. The first-order chi connectivity index (χ1) is 13.1. The first-order valence-electron chi connectivity index (χ1n) is 9.48. The fraction of sp³-hybridized carbons (Fsp3) is 0.429. The normalized spacial score (nSPS) is 13.9. The number of rotatable bonds is 5. The maximum atomic E-state index is 13.6. The summed E-state index contributed by atoms with van der Waals surface area (Å²) in [6.07, 6.45) is 5.08. The van der Waals surface area contributed by atoms with Gasteiger partial charge in [-0.25, -0.2) is 4.98 Å². The van der Waals surface area contributed by atoms with Crippen molar-refractivity contribution < 1.29 is 5.11 Å². The first kappa shape index (κ1) is 18.7. The number of nitrogens with zero attached hydrogens (tertiary/aromatic N) is 2. The van der Waals surface area contributed by atoms with Crippen LogP contribution in [0.5, 0.6) is 0 Å². The van der Waals surface area contributed by atoms with E-state index in [-0.39, 0.29) is 12.2 Å². The SMILES string of the molecule is Cc1ccc(-n2c(SCCCO)nc3sc4c(c3c2=O)CCCC4)cc1C. The second kappa shape index (κ2) is 7.78. The summed E-state index contributed by atoms with van der Waals surface area (Å²) in [5.41, 5.74) is 4.53. The van der Waals surface area contributed by atoms with Crippen molar-refractivity contribution in [1.29, 1.82) is 0 Å². The molecule has 0 aliphatic heterocycles. The van der Waals surface area contributed by atoms with Gasteiger partial charge in [0.1, 0.15) is 4.83 Å². The predicted octanol–water partition coefficient (Wildman–Crippen LogP) is 4.42. The van der Waals surface area contributed by atoms with Gasteiger partial charge in [0.05, 0.1) is 11.1 Å². The number of aryl methyl sites for hydroxylation is 4. The highest BCUT2D eigenvalue weighted by Gasteiger charge is 2.22. The van der Waals surface area contributed by atoms with Gasteiger partial charge in [0.25, 0.3) is 5.56 Å². The molecule has 0 saturated carbocycles. The molecule has 1 aliphatic rings. The molecule has 0 amide bonds. The second-order valence-electron chi connectivity index (χ2n) is 7.12. The average molecular weight is 401 g/mol. The van der Waals surface area contributed by atoms with E-state index < -0.39 is 0 Å². The van der Waals surface area contributed by atoms with E-state index in [1.54, 1.807) is 27.7 Å². The summed E-state index contributed by atoms with van der Waals surface area (Å²) in [6, 6.07) is 6.14. The van der Waals surface area contributed by atoms with Crippen LogP contribution in [0.25, 0.3) is 15.9 Å². The molecule has 27 heavy (non-hydrogen) atoms. The lowest BCUT2D eigenvalue weighted by atomic mass is 9.97. The average Bonchev–Trinajstić information content (AvgIpc) is 3.03. The van der Waals surface area contributed by atoms with Crippen molar-refractivity contribution in [3.63, 3.8) is 0 Å². The molecule has 1 aliphatic carbocycles. The molecule has 0 saturated heterocycles. The minimum atomic E-state index is 0.0501. The molecule has 0 unspecified atom stereocenters. The molecule has 3 aromatic rings. The highest BCUT2D eigenvalue weighted by Crippen LogP contribution is 2.35. The Kier molecular flexibility index (Phi) is 5.39. The van der Waals surface area contributed by atoms with E-state index in [9.17, 15) is 4.79 Å². The molecule has 142 valence electrons. The van der Waals surface area contributed by atoms with Crippen LogP contribution in [-0.2, 0) is 12.8 Å². The highest BCUT2D eigenvalue weighted by atomic mass is 32.2. The minimum absolute atomic E-state index is 0.0501. The number of hydrogen-bond donors (Lipinski definition) is 1. The molecule has 0 atom stereocenters. The zero-order valence-corrected chi connectivity index (χ0v) is 17.4. The standard InChI is InChI=1S/C21H24N2O2S2/c1-13-8-9-15(12-14(13)2)23-20(25)18-16-6-3-4-7-17(16)27-19(18)22-21(23)26-11-5-10-24/h8-9,12,24H,3-7,10-11H2,1-2H3. The van der Waals surface area contributed by atoms with Gasteiger partial charge in [0, 0.05) is 17.2 Å². The van der Waals surface area contributed by atoms with Crippen LogP contribution in [0.15, 0.2) is 28.2 Å². The number of aliphatic hydroxyl groups excluding tert-OH is 1. The number of benzene rings is 1. The number of hydrogen-bond acceptors (Lipinski definition) is 5. The van der Waals surface area contributed by atoms with E-state index in [2.05, 4.69) is 26.0 Å². The molecule has 0 radical (unpaired) electrons. The van der Waals surface area contributed by atoms with E-state index in [1.807, 2.05) is 6.07 Å². The van der Waals surface area contributed by atoms with Gasteiger partial charge in [-0.1, -0.05) is 17.8 Å². The van der Waals surface area contributed by atoms with Gasteiger partial charge in [-0.3, -0.25) is 9.36 Å². The predicted molar refractivity (Wildman–Crippen MR) is 114 cm³/mol. The number of thiophene rings is 1. The Labute approximate surface area is 167 Å². The number of aromatic nitrogens is 2. The second-order valence-corrected chi connectivity index (χ2v) is 9.27. The third-order valence-corrected chi connectivity index (χ3v) is 7.45. The van der Waals surface area contributed by atoms with E-state index in [1.165, 1.54) is 22.4 Å². The fourth-order valence-electron chi connectivity index (χ4n) is 3.60. The Morgan fingerprint density at radius 2 is 2.04 bits per heavy atom. The molecule has 1 N–H and O–H groups in total. The lowest BCUT2D eigenvalue weighted by Crippen LogP contribution is -2.22. The molecule has 2 heterocycles. The summed E-state index contributed by atoms with van der Waals surface area (Å²) in [5, 5.41) is 10.7. The van der Waals surface area contributed by atoms with Gasteiger partial charge in [-0.15, -0.1) is 11.3 Å². The van der Waals surface area contributed by atoms with Crippen LogP contribution < -0.4 is 5.56 Å². The van der Waals surface area contributed by atoms with Crippen molar-refractivity contribution in [3.05, 3.63) is 50.1 Å². The molecule has 2 aromatic heterocycles. The molecule has 6 heteroatoms. The van der Waals surface area contributed by atoms with Crippen LogP contribution in [-0.4, -0.2) is 27.0 Å². The van der Waals surface area contributed by atoms with Crippen LogP contribution in [0.3, 0.4) is 0 Å². The van der Waals surface area contributed by atoms with Crippen molar-refractivity contribution in [2.75, 3.05) is 12.4 Å². The number of fused-ring (bicyclic) bond motifs is 3. The smallest absolute Gasteiger partial charge is 0.267 e. The van der Waals surface area contributed by atoms with Crippen molar-refractivity contribution in [3.8, 4) is 5.69 Å². The summed E-state index contributed by atoms with van der Waals surface area (Å²) in [4.78, 5) is 20.7. The molecular formula is C21H24N2O2S2. The third-order valence-electron chi connectivity index (χ3n) is 5.24. The van der Waals surface area contributed by atoms with Crippen LogP contribution in [0.2, 0.25) is 0 Å². The number of aliphatic hydroxyl groups is 1. The van der Waals surface area contributed by atoms with Crippen LogP contribution >= 0.6 is 23.1 Å². The van der Waals surface area contributed by atoms with E-state index in [4.69, 9.17) is 10.1 Å². The molecule has 0 fully saturated rings. The maximum absolute atomic E-state index is 13.6. The first-order valence-corrected chi connectivity index (χ1v) is 11.3. The van der Waals surface area contributed by atoms with Gasteiger partial charge >= 0.3 is 0 Å². The Morgan fingerprint density at radius 1 is 1.22 bits per heavy atom. The quantitative estimate of drug-likeness (QED) is 0.391. The zero-order chi connectivity index (χ0) is 19.0. The molecular weight excluding hydrogens is 376 g/mol. The summed E-state index contributed by atoms with van der Waals surface area (Å²) in [6.45, 7) is 4.30. The molecule has 4 nitrogen and oxygen atoms in total. The maximum Gasteiger partial charge on any atom is 0.267 e. The monoisotopic (exact) mass is 400 g/mol. The van der Waals surface area contributed by atoms with Gasteiger partial charge in [0.2, 0.25) is 0 Å². The lowest BCUT2D eigenvalue weighted by Gasteiger charge is -2.14. The lowest BCUT2D eigenvalue weighted by molar-refractivity contribution is 0.296. The van der Waals surface area contributed by atoms with Gasteiger partial charge in [-0.2, -0.15) is 0 Å². The van der Waals surface area contributed by atoms with E-state index in [0.717, 1.165) is 51.6 Å². The summed E-state index contributed by atoms with van der Waals surface area (Å²) < 4.78 is 1.78. The summed E-state index contributed by atoms with van der Waals surface area (Å²) in [7, 11) is 0. The minimum Gasteiger partial charge on any atom is -0.396 e. The molecule has 1 aromatic carbocycles. The fourth-order valence-corrected chi connectivity index (χ4v) is 5.84. The molecule has 4 rings (SSSR count). The van der Waals surface area contributed by atoms with Crippen molar-refractivity contribution in [2.45, 2.75) is 51.1 Å². The highest BCUT2D eigenvalue weighted by molar-refractivity contribution is 7.99. The Bertz CT molecular complexity index is 1050. The van der Waals surface area contributed by atoms with Crippen molar-refractivity contribution in [2.24, 2.45) is 0 Å². The van der Waals surface area contributed by atoms with Crippen LogP contribution in [0, 0.1) is 13.8 Å². The van der Waals surface area contributed by atoms with Crippen molar-refractivity contribution in [1.82, 2.24) is 9.55 Å². The molecule has 0 spiro atoms. The van der Waals surface area contributed by atoms with E-state index in [0.29, 0.717) is 6.42 Å². The van der Waals surface area contributed by atoms with Gasteiger partial charge in [-0.05, 0) is 74.8 Å². The third kappa shape index (κ3) is 3.46. The van der Waals surface area contributed by atoms with E-state index >= 15 is 0 Å². The zero-order valence-electron chi connectivity index (χ0n) is 15.7. The molecule has 0 bridgehead atoms. The Hall–Kier alpha value is -1.63. The largest absolute Gasteiger partial charge is 0.396 e.